The van der Waals surface area contributed by atoms with Gasteiger partial charge in [0.1, 0.15) is 5.82 Å². The second-order valence-corrected chi connectivity index (χ2v) is 6.26. The molecule has 1 aromatic rings. The topological polar surface area (TPSA) is 12.5 Å². The Morgan fingerprint density at radius 1 is 1.14 bits per heavy atom. The second-order valence-electron chi connectivity index (χ2n) is 6.26. The number of hydrogen-bond acceptors (Lipinski definition) is 2. The summed E-state index contributed by atoms with van der Waals surface area (Å²) >= 11 is 0. The van der Waals surface area contributed by atoms with Gasteiger partial charge in [0, 0.05) is 13.1 Å². The van der Waals surface area contributed by atoms with E-state index in [1.54, 1.807) is 6.07 Å². The van der Waals surface area contributed by atoms with Gasteiger partial charge < -0.3 is 9.64 Å². The van der Waals surface area contributed by atoms with Crippen LogP contribution < -0.4 is 4.90 Å². The lowest BCUT2D eigenvalue weighted by Gasteiger charge is -2.37. The van der Waals surface area contributed by atoms with Crippen LogP contribution in [-0.4, -0.2) is 25.3 Å². The fourth-order valence-corrected chi connectivity index (χ4v) is 3.09. The standard InChI is InChI=1S/C18H28FNO/c1-4-5-6-7-8-16-9-10-18(17(19)11-16)20-12-14(2)21-15(3)13-20/h9-11,14-15H,4-8,12-13H2,1-3H3/t14-,15+. The maximum absolute atomic E-state index is 14.4. The van der Waals surface area contributed by atoms with E-state index in [1.807, 2.05) is 19.9 Å². The van der Waals surface area contributed by atoms with Gasteiger partial charge in [-0.1, -0.05) is 32.3 Å². The second kappa shape index (κ2) is 7.79. The Balaban J connectivity index is 1.98. The number of ether oxygens (including phenoxy) is 1. The molecule has 0 radical (unpaired) electrons. The Morgan fingerprint density at radius 2 is 1.86 bits per heavy atom. The van der Waals surface area contributed by atoms with Gasteiger partial charge in [-0.25, -0.2) is 4.39 Å². The van der Waals surface area contributed by atoms with Crippen molar-refractivity contribution in [3.8, 4) is 0 Å². The monoisotopic (exact) mass is 293 g/mol. The minimum atomic E-state index is -0.0932. The smallest absolute Gasteiger partial charge is 0.146 e. The Bertz CT molecular complexity index is 439. The number of hydrogen-bond donors (Lipinski definition) is 0. The van der Waals surface area contributed by atoms with Crippen molar-refractivity contribution < 1.29 is 9.13 Å². The van der Waals surface area contributed by atoms with Crippen molar-refractivity contribution in [2.45, 2.75) is 65.1 Å². The van der Waals surface area contributed by atoms with E-state index in [-0.39, 0.29) is 18.0 Å². The molecule has 0 aromatic heterocycles. The molecule has 1 aromatic carbocycles. The minimum absolute atomic E-state index is 0.0932. The summed E-state index contributed by atoms with van der Waals surface area (Å²) in [4.78, 5) is 2.11. The van der Waals surface area contributed by atoms with E-state index in [0.29, 0.717) is 5.69 Å². The fraction of sp³-hybridized carbons (Fsp3) is 0.667. The summed E-state index contributed by atoms with van der Waals surface area (Å²) in [5.74, 6) is -0.0932. The summed E-state index contributed by atoms with van der Waals surface area (Å²) < 4.78 is 20.1. The van der Waals surface area contributed by atoms with Crippen molar-refractivity contribution in [3.05, 3.63) is 29.6 Å². The third-order valence-electron chi connectivity index (χ3n) is 4.09. The van der Waals surface area contributed by atoms with Crippen LogP contribution in [0.2, 0.25) is 0 Å². The van der Waals surface area contributed by atoms with Crippen LogP contribution >= 0.6 is 0 Å². The van der Waals surface area contributed by atoms with Crippen molar-refractivity contribution >= 4 is 5.69 Å². The number of halogens is 1. The van der Waals surface area contributed by atoms with Crippen LogP contribution in [0.3, 0.4) is 0 Å². The van der Waals surface area contributed by atoms with Crippen LogP contribution in [0.5, 0.6) is 0 Å². The highest BCUT2D eigenvalue weighted by molar-refractivity contribution is 5.49. The summed E-state index contributed by atoms with van der Waals surface area (Å²) in [6.45, 7) is 7.82. The van der Waals surface area contributed by atoms with Gasteiger partial charge in [0.05, 0.1) is 17.9 Å². The molecule has 0 unspecified atom stereocenters. The summed E-state index contributed by atoms with van der Waals surface area (Å²) in [6, 6.07) is 5.73. The molecule has 1 aliphatic rings. The van der Waals surface area contributed by atoms with Crippen molar-refractivity contribution in [1.82, 2.24) is 0 Å². The molecule has 0 spiro atoms. The summed E-state index contributed by atoms with van der Waals surface area (Å²) in [5.41, 5.74) is 1.83. The van der Waals surface area contributed by atoms with E-state index in [9.17, 15) is 4.39 Å². The van der Waals surface area contributed by atoms with Crippen LogP contribution in [0.4, 0.5) is 10.1 Å². The maximum atomic E-state index is 14.4. The predicted octanol–water partition coefficient (Wildman–Crippen LogP) is 4.56. The molecule has 0 saturated carbocycles. The van der Waals surface area contributed by atoms with Gasteiger partial charge >= 0.3 is 0 Å². The van der Waals surface area contributed by atoms with Crippen molar-refractivity contribution in [1.29, 1.82) is 0 Å². The van der Waals surface area contributed by atoms with Gasteiger partial charge in [0.2, 0.25) is 0 Å². The Labute approximate surface area is 128 Å². The number of aryl methyl sites for hydroxylation is 1. The minimum Gasteiger partial charge on any atom is -0.372 e. The fourth-order valence-electron chi connectivity index (χ4n) is 3.09. The van der Waals surface area contributed by atoms with Gasteiger partial charge in [0.25, 0.3) is 0 Å². The lowest BCUT2D eigenvalue weighted by Crippen LogP contribution is -2.45. The molecule has 2 rings (SSSR count). The number of benzene rings is 1. The number of anilines is 1. The quantitative estimate of drug-likeness (QED) is 0.713. The normalized spacial score (nSPS) is 22.6. The highest BCUT2D eigenvalue weighted by Gasteiger charge is 2.24. The third kappa shape index (κ3) is 4.70. The largest absolute Gasteiger partial charge is 0.372 e. The molecule has 21 heavy (non-hydrogen) atoms. The third-order valence-corrected chi connectivity index (χ3v) is 4.09. The van der Waals surface area contributed by atoms with Crippen molar-refractivity contribution in [3.63, 3.8) is 0 Å². The Hall–Kier alpha value is -1.09. The van der Waals surface area contributed by atoms with Gasteiger partial charge in [-0.2, -0.15) is 0 Å². The molecule has 2 nitrogen and oxygen atoms in total. The van der Waals surface area contributed by atoms with Crippen LogP contribution in [0.15, 0.2) is 18.2 Å². The summed E-state index contributed by atoms with van der Waals surface area (Å²) in [6.07, 6.45) is 6.18. The first-order valence-corrected chi connectivity index (χ1v) is 8.29. The van der Waals surface area contributed by atoms with E-state index in [4.69, 9.17) is 4.74 Å². The zero-order valence-electron chi connectivity index (χ0n) is 13.6. The van der Waals surface area contributed by atoms with E-state index < -0.39 is 0 Å². The van der Waals surface area contributed by atoms with Crippen LogP contribution in [0.1, 0.15) is 52.0 Å². The lowest BCUT2D eigenvalue weighted by atomic mass is 10.0. The van der Waals surface area contributed by atoms with Gasteiger partial charge in [0.15, 0.2) is 0 Å². The average Bonchev–Trinajstić information content (AvgIpc) is 2.42. The molecule has 0 bridgehead atoms. The molecule has 2 atom stereocenters. The van der Waals surface area contributed by atoms with E-state index >= 15 is 0 Å². The first-order chi connectivity index (χ1) is 10.1. The van der Waals surface area contributed by atoms with Crippen LogP contribution in [0, 0.1) is 5.82 Å². The number of morpholine rings is 1. The number of nitrogens with zero attached hydrogens (tertiary/aromatic N) is 1. The maximum Gasteiger partial charge on any atom is 0.146 e. The van der Waals surface area contributed by atoms with E-state index in [1.165, 1.54) is 19.3 Å². The zero-order chi connectivity index (χ0) is 15.2. The summed E-state index contributed by atoms with van der Waals surface area (Å²) in [5, 5.41) is 0. The number of rotatable bonds is 6. The molecule has 118 valence electrons. The first-order valence-electron chi connectivity index (χ1n) is 8.29. The molecule has 1 saturated heterocycles. The van der Waals surface area contributed by atoms with Crippen LogP contribution in [-0.2, 0) is 11.2 Å². The van der Waals surface area contributed by atoms with Gasteiger partial charge in [-0.05, 0) is 44.4 Å². The van der Waals surface area contributed by atoms with E-state index in [2.05, 4.69) is 17.9 Å². The molecule has 1 heterocycles. The van der Waals surface area contributed by atoms with Gasteiger partial charge in [-0.15, -0.1) is 0 Å². The van der Waals surface area contributed by atoms with Crippen LogP contribution in [0.25, 0.3) is 0 Å². The van der Waals surface area contributed by atoms with E-state index in [0.717, 1.165) is 31.5 Å². The molecule has 0 N–H and O–H groups in total. The summed E-state index contributed by atoms with van der Waals surface area (Å²) in [7, 11) is 0. The highest BCUT2D eigenvalue weighted by atomic mass is 19.1. The molecule has 3 heteroatoms. The first kappa shape index (κ1) is 16.3. The molecule has 1 fully saturated rings. The molecule has 0 aliphatic carbocycles. The average molecular weight is 293 g/mol. The SMILES string of the molecule is CCCCCCc1ccc(N2C[C@@H](C)O[C@@H](C)C2)c(F)c1. The predicted molar refractivity (Wildman–Crippen MR) is 86.5 cm³/mol. The Morgan fingerprint density at radius 3 is 2.48 bits per heavy atom. The lowest BCUT2D eigenvalue weighted by molar-refractivity contribution is -0.00539. The van der Waals surface area contributed by atoms with Gasteiger partial charge in [-0.3, -0.25) is 0 Å². The molecular formula is C18H28FNO. The molecular weight excluding hydrogens is 265 g/mol. The Kier molecular flexibility index (Phi) is 6.04. The molecule has 0 amide bonds. The van der Waals surface area contributed by atoms with Crippen molar-refractivity contribution in [2.75, 3.05) is 18.0 Å². The molecule has 1 aliphatic heterocycles. The number of unbranched alkanes of at least 4 members (excludes halogenated alkanes) is 3. The highest BCUT2D eigenvalue weighted by Crippen LogP contribution is 2.25. The van der Waals surface area contributed by atoms with Crippen molar-refractivity contribution in [2.24, 2.45) is 0 Å². The zero-order valence-corrected chi connectivity index (χ0v) is 13.6.